The summed E-state index contributed by atoms with van der Waals surface area (Å²) in [5.74, 6) is 0.954. The van der Waals surface area contributed by atoms with Crippen molar-refractivity contribution in [3.63, 3.8) is 0 Å². The number of piperidine rings is 1. The maximum atomic E-state index is 13.1. The Hall–Kier alpha value is -2.79. The lowest BCUT2D eigenvalue weighted by Gasteiger charge is -2.43. The zero-order valence-corrected chi connectivity index (χ0v) is 15.2. The van der Waals surface area contributed by atoms with Gasteiger partial charge in [-0.3, -0.25) is 9.69 Å². The van der Waals surface area contributed by atoms with E-state index in [9.17, 15) is 4.79 Å². The number of rotatable bonds is 3. The van der Waals surface area contributed by atoms with E-state index in [-0.39, 0.29) is 5.56 Å². The minimum Gasteiger partial charge on any atom is -0.311 e. The van der Waals surface area contributed by atoms with Crippen molar-refractivity contribution in [2.75, 3.05) is 13.1 Å². The largest absolute Gasteiger partial charge is 0.311 e. The third-order valence-corrected chi connectivity index (χ3v) is 5.80. The summed E-state index contributed by atoms with van der Waals surface area (Å²) in [4.78, 5) is 23.8. The summed E-state index contributed by atoms with van der Waals surface area (Å²) in [6, 6.07) is 14.7. The maximum absolute atomic E-state index is 13.1. The van der Waals surface area contributed by atoms with Crippen LogP contribution in [0.3, 0.4) is 0 Å². The second-order valence-corrected chi connectivity index (χ2v) is 7.69. The standard InChI is InChI=1S/C22H22N4O/c27-22-20(19-9-23-15-24-10-19)6-7-21-18-8-17(13-26(21)22)12-25(14-18)11-16-4-2-1-3-5-16/h1-7,9-10,15,17-18H,8,11-14H2/t17-,18-/m1/s1. The highest BCUT2D eigenvalue weighted by molar-refractivity contribution is 5.60. The topological polar surface area (TPSA) is 51.0 Å². The number of nitrogens with zero attached hydrogens (tertiary/aromatic N) is 4. The quantitative estimate of drug-likeness (QED) is 0.722. The molecule has 0 unspecified atom stereocenters. The van der Waals surface area contributed by atoms with Crippen LogP contribution < -0.4 is 5.56 Å². The van der Waals surface area contributed by atoms with E-state index in [1.165, 1.54) is 24.0 Å². The van der Waals surface area contributed by atoms with Gasteiger partial charge in [-0.15, -0.1) is 0 Å². The average molecular weight is 358 g/mol. The van der Waals surface area contributed by atoms with Crippen LogP contribution >= 0.6 is 0 Å². The lowest BCUT2D eigenvalue weighted by atomic mass is 9.82. The molecule has 2 atom stereocenters. The molecule has 2 aliphatic heterocycles. The van der Waals surface area contributed by atoms with Crippen LogP contribution in [-0.4, -0.2) is 32.5 Å². The predicted molar refractivity (Wildman–Crippen MR) is 104 cm³/mol. The molecular formula is C22H22N4O. The predicted octanol–water partition coefficient (Wildman–Crippen LogP) is 2.92. The third kappa shape index (κ3) is 3.08. The van der Waals surface area contributed by atoms with Crippen molar-refractivity contribution >= 4 is 0 Å². The number of benzene rings is 1. The first kappa shape index (κ1) is 16.4. The summed E-state index contributed by atoms with van der Waals surface area (Å²) in [5, 5.41) is 0. The summed E-state index contributed by atoms with van der Waals surface area (Å²) >= 11 is 0. The Morgan fingerprint density at radius 1 is 0.963 bits per heavy atom. The highest BCUT2D eigenvalue weighted by Crippen LogP contribution is 2.36. The van der Waals surface area contributed by atoms with Gasteiger partial charge >= 0.3 is 0 Å². The van der Waals surface area contributed by atoms with Crippen molar-refractivity contribution < 1.29 is 0 Å². The molecule has 3 aromatic rings. The van der Waals surface area contributed by atoms with Gasteiger partial charge in [0.25, 0.3) is 5.56 Å². The van der Waals surface area contributed by atoms with E-state index in [0.717, 1.165) is 31.7 Å². The molecule has 1 aromatic carbocycles. The van der Waals surface area contributed by atoms with Gasteiger partial charge in [0, 0.05) is 55.7 Å². The van der Waals surface area contributed by atoms with Crippen molar-refractivity contribution in [1.82, 2.24) is 19.4 Å². The number of hydrogen-bond donors (Lipinski definition) is 0. The number of likely N-dealkylation sites (tertiary alicyclic amines) is 1. The van der Waals surface area contributed by atoms with Crippen LogP contribution in [0.1, 0.15) is 23.6 Å². The van der Waals surface area contributed by atoms with Crippen LogP contribution in [0, 0.1) is 5.92 Å². The summed E-state index contributed by atoms with van der Waals surface area (Å²) in [6.45, 7) is 3.85. The lowest BCUT2D eigenvalue weighted by molar-refractivity contribution is 0.114. The Morgan fingerprint density at radius 2 is 1.78 bits per heavy atom. The first-order valence-electron chi connectivity index (χ1n) is 9.53. The van der Waals surface area contributed by atoms with Crippen LogP contribution in [0.25, 0.3) is 11.1 Å². The first-order chi connectivity index (χ1) is 13.3. The van der Waals surface area contributed by atoms with Crippen LogP contribution in [0.2, 0.25) is 0 Å². The third-order valence-electron chi connectivity index (χ3n) is 5.80. The number of aromatic nitrogens is 3. The Balaban J connectivity index is 1.44. The monoisotopic (exact) mass is 358 g/mol. The average Bonchev–Trinajstić information content (AvgIpc) is 2.70. The Bertz CT molecular complexity index is 1000. The lowest BCUT2D eigenvalue weighted by Crippen LogP contribution is -2.46. The van der Waals surface area contributed by atoms with E-state index in [4.69, 9.17) is 0 Å². The molecule has 1 saturated heterocycles. The maximum Gasteiger partial charge on any atom is 0.258 e. The van der Waals surface area contributed by atoms with Crippen LogP contribution in [-0.2, 0) is 13.1 Å². The van der Waals surface area contributed by atoms with Crippen molar-refractivity contribution in [1.29, 1.82) is 0 Å². The molecular weight excluding hydrogens is 336 g/mol. The molecule has 1 fully saturated rings. The Labute approximate surface area is 158 Å². The molecule has 0 saturated carbocycles. The highest BCUT2D eigenvalue weighted by atomic mass is 16.1. The van der Waals surface area contributed by atoms with Gasteiger partial charge in [0.05, 0.1) is 5.56 Å². The fraction of sp³-hybridized carbons (Fsp3) is 0.318. The van der Waals surface area contributed by atoms with E-state index >= 15 is 0 Å². The van der Waals surface area contributed by atoms with Gasteiger partial charge in [-0.25, -0.2) is 9.97 Å². The van der Waals surface area contributed by atoms with Crippen LogP contribution in [0.4, 0.5) is 0 Å². The van der Waals surface area contributed by atoms with E-state index in [0.29, 0.717) is 17.4 Å². The van der Waals surface area contributed by atoms with Crippen molar-refractivity contribution in [3.05, 3.63) is 82.8 Å². The van der Waals surface area contributed by atoms with Gasteiger partial charge in [0.1, 0.15) is 6.33 Å². The molecule has 0 radical (unpaired) electrons. The Kier molecular flexibility index (Phi) is 4.09. The van der Waals surface area contributed by atoms with Gasteiger partial charge in [-0.05, 0) is 30.0 Å². The second kappa shape index (κ2) is 6.74. The minimum absolute atomic E-state index is 0.0912. The summed E-state index contributed by atoms with van der Waals surface area (Å²) in [5.41, 5.74) is 4.11. The zero-order chi connectivity index (χ0) is 18.2. The summed E-state index contributed by atoms with van der Waals surface area (Å²) < 4.78 is 2.00. The molecule has 0 spiro atoms. The Morgan fingerprint density at radius 3 is 2.59 bits per heavy atom. The smallest absolute Gasteiger partial charge is 0.258 e. The van der Waals surface area contributed by atoms with Crippen molar-refractivity contribution in [2.45, 2.75) is 25.4 Å². The van der Waals surface area contributed by atoms with Gasteiger partial charge in [0.15, 0.2) is 0 Å². The molecule has 0 amide bonds. The van der Waals surface area contributed by atoms with Gasteiger partial charge < -0.3 is 4.57 Å². The fourth-order valence-electron chi connectivity index (χ4n) is 4.67. The molecule has 2 aliphatic rings. The molecule has 5 rings (SSSR count). The van der Waals surface area contributed by atoms with Gasteiger partial charge in [-0.2, -0.15) is 0 Å². The normalized spacial score (nSPS) is 21.6. The fourth-order valence-corrected chi connectivity index (χ4v) is 4.67. The molecule has 2 bridgehead atoms. The van der Waals surface area contributed by atoms with Gasteiger partial charge in [-0.1, -0.05) is 30.3 Å². The molecule has 136 valence electrons. The summed E-state index contributed by atoms with van der Waals surface area (Å²) in [6.07, 6.45) is 6.09. The summed E-state index contributed by atoms with van der Waals surface area (Å²) in [7, 11) is 0. The zero-order valence-electron chi connectivity index (χ0n) is 15.2. The molecule has 0 aliphatic carbocycles. The van der Waals surface area contributed by atoms with Crippen molar-refractivity contribution in [3.8, 4) is 11.1 Å². The van der Waals surface area contributed by atoms with E-state index in [1.54, 1.807) is 12.4 Å². The van der Waals surface area contributed by atoms with Gasteiger partial charge in [0.2, 0.25) is 0 Å². The molecule has 5 heteroatoms. The highest BCUT2D eigenvalue weighted by Gasteiger charge is 2.34. The van der Waals surface area contributed by atoms with Crippen LogP contribution in [0.5, 0.6) is 0 Å². The van der Waals surface area contributed by atoms with E-state index in [1.807, 2.05) is 10.6 Å². The molecule has 2 aromatic heterocycles. The first-order valence-corrected chi connectivity index (χ1v) is 9.53. The second-order valence-electron chi connectivity index (χ2n) is 7.69. The van der Waals surface area contributed by atoms with Crippen LogP contribution in [0.15, 0.2) is 66.0 Å². The number of hydrogen-bond acceptors (Lipinski definition) is 4. The molecule has 0 N–H and O–H groups in total. The van der Waals surface area contributed by atoms with E-state index < -0.39 is 0 Å². The number of fused-ring (bicyclic) bond motifs is 4. The van der Waals surface area contributed by atoms with Crippen molar-refractivity contribution in [2.24, 2.45) is 5.92 Å². The molecule has 5 nitrogen and oxygen atoms in total. The SMILES string of the molecule is O=c1c(-c2cncnc2)ccc2n1C[C@@H]1C[C@@H]2CN(Cc2ccccc2)C1. The molecule has 4 heterocycles. The van der Waals surface area contributed by atoms with E-state index in [2.05, 4.69) is 51.3 Å². The molecule has 27 heavy (non-hydrogen) atoms. The minimum atomic E-state index is 0.0912. The number of pyridine rings is 1.